The van der Waals surface area contributed by atoms with Crippen molar-refractivity contribution in [2.75, 3.05) is 6.61 Å². The highest BCUT2D eigenvalue weighted by Crippen LogP contribution is 2.37. The van der Waals surface area contributed by atoms with E-state index in [1.54, 1.807) is 0 Å². The van der Waals surface area contributed by atoms with Gasteiger partial charge >= 0.3 is 0 Å². The number of amides is 1. The summed E-state index contributed by atoms with van der Waals surface area (Å²) in [6.07, 6.45) is 3.33. The Bertz CT molecular complexity index is 496. The fraction of sp³-hybridized carbons (Fsp3) is 0.533. The van der Waals surface area contributed by atoms with E-state index >= 15 is 0 Å². The van der Waals surface area contributed by atoms with E-state index in [9.17, 15) is 4.79 Å². The number of hydrogen-bond donors (Lipinski definition) is 1. The van der Waals surface area contributed by atoms with Crippen molar-refractivity contribution in [3.05, 3.63) is 26.6 Å². The van der Waals surface area contributed by atoms with Crippen molar-refractivity contribution in [2.24, 2.45) is 0 Å². The molecule has 1 N–H and O–H groups in total. The monoisotopic (exact) mass is 403 g/mol. The van der Waals surface area contributed by atoms with E-state index in [-0.39, 0.29) is 11.4 Å². The molecule has 1 aromatic rings. The molecule has 1 unspecified atom stereocenters. The van der Waals surface area contributed by atoms with Crippen LogP contribution in [-0.2, 0) is 11.2 Å². The average Bonchev–Trinajstić information content (AvgIpc) is 2.76. The van der Waals surface area contributed by atoms with Crippen molar-refractivity contribution >= 4 is 37.8 Å². The van der Waals surface area contributed by atoms with Crippen LogP contribution in [0.2, 0.25) is 0 Å². The zero-order valence-corrected chi connectivity index (χ0v) is 14.9. The zero-order valence-electron chi connectivity index (χ0n) is 11.8. The largest absolute Gasteiger partial charge is 0.492 e. The number of carbonyl (C=O) groups is 1. The van der Waals surface area contributed by atoms with Gasteiger partial charge in [-0.3, -0.25) is 4.79 Å². The van der Waals surface area contributed by atoms with E-state index in [4.69, 9.17) is 4.74 Å². The van der Waals surface area contributed by atoms with Gasteiger partial charge in [-0.05, 0) is 75.7 Å². The highest BCUT2D eigenvalue weighted by atomic mass is 79.9. The first kappa shape index (κ1) is 15.8. The molecule has 0 spiro atoms. The number of hydrogen-bond acceptors (Lipinski definition) is 2. The van der Waals surface area contributed by atoms with Crippen LogP contribution in [0.4, 0.5) is 0 Å². The second kappa shape index (κ2) is 6.48. The van der Waals surface area contributed by atoms with Crippen molar-refractivity contribution in [3.8, 4) is 5.75 Å². The summed E-state index contributed by atoms with van der Waals surface area (Å²) in [6.45, 7) is 4.72. The molecule has 1 aliphatic rings. The average molecular weight is 405 g/mol. The van der Waals surface area contributed by atoms with Gasteiger partial charge in [0.15, 0.2) is 0 Å². The highest BCUT2D eigenvalue weighted by Gasteiger charge is 2.36. The summed E-state index contributed by atoms with van der Waals surface area (Å²) in [5.74, 6) is 0.994. The van der Waals surface area contributed by atoms with Crippen LogP contribution in [0.1, 0.15) is 38.7 Å². The second-order valence-electron chi connectivity index (χ2n) is 5.18. The van der Waals surface area contributed by atoms with E-state index in [1.807, 2.05) is 6.92 Å². The number of rotatable bonds is 5. The first-order chi connectivity index (χ1) is 9.49. The zero-order chi connectivity index (χ0) is 14.8. The molecule has 1 saturated heterocycles. The molecule has 0 aromatic heterocycles. The quantitative estimate of drug-likeness (QED) is 0.798. The maximum Gasteiger partial charge on any atom is 0.220 e. The molecule has 110 valence electrons. The lowest BCUT2D eigenvalue weighted by Crippen LogP contribution is -2.42. The third-order valence-electron chi connectivity index (χ3n) is 3.80. The van der Waals surface area contributed by atoms with Crippen LogP contribution < -0.4 is 10.1 Å². The van der Waals surface area contributed by atoms with E-state index in [1.165, 1.54) is 5.56 Å². The van der Waals surface area contributed by atoms with Gasteiger partial charge in [-0.25, -0.2) is 0 Å². The Morgan fingerprint density at radius 3 is 2.40 bits per heavy atom. The molecule has 1 aromatic carbocycles. The van der Waals surface area contributed by atoms with Gasteiger partial charge in [0.25, 0.3) is 0 Å². The Balaban J connectivity index is 2.23. The third kappa shape index (κ3) is 3.37. The molecule has 1 amide bonds. The molecule has 2 rings (SSSR count). The topological polar surface area (TPSA) is 38.3 Å². The summed E-state index contributed by atoms with van der Waals surface area (Å²) in [5.41, 5.74) is 1.10. The maximum absolute atomic E-state index is 11.5. The Morgan fingerprint density at radius 2 is 1.95 bits per heavy atom. The number of nitrogens with one attached hydrogen (secondary N) is 1. The van der Waals surface area contributed by atoms with Gasteiger partial charge in [-0.15, -0.1) is 0 Å². The fourth-order valence-corrected chi connectivity index (χ4v) is 4.19. The summed E-state index contributed by atoms with van der Waals surface area (Å²) >= 11 is 7.11. The van der Waals surface area contributed by atoms with Crippen LogP contribution in [0.25, 0.3) is 0 Å². The van der Waals surface area contributed by atoms with E-state index in [0.717, 1.165) is 34.0 Å². The maximum atomic E-state index is 11.5. The van der Waals surface area contributed by atoms with Gasteiger partial charge in [-0.1, -0.05) is 6.92 Å². The molecule has 0 aliphatic carbocycles. The predicted molar refractivity (Wildman–Crippen MR) is 87.1 cm³/mol. The molecule has 1 fully saturated rings. The van der Waals surface area contributed by atoms with Crippen LogP contribution in [0.15, 0.2) is 21.1 Å². The molecule has 1 atom stereocenters. The normalized spacial score (nSPS) is 21.9. The van der Waals surface area contributed by atoms with Gasteiger partial charge in [0.2, 0.25) is 5.91 Å². The van der Waals surface area contributed by atoms with Gasteiger partial charge in [0.1, 0.15) is 5.75 Å². The summed E-state index contributed by atoms with van der Waals surface area (Å²) in [5, 5.41) is 3.14. The highest BCUT2D eigenvalue weighted by molar-refractivity contribution is 9.11. The van der Waals surface area contributed by atoms with Crippen molar-refractivity contribution in [1.29, 1.82) is 0 Å². The number of halogens is 2. The second-order valence-corrected chi connectivity index (χ2v) is 6.89. The van der Waals surface area contributed by atoms with Gasteiger partial charge in [0.05, 0.1) is 15.6 Å². The van der Waals surface area contributed by atoms with Gasteiger partial charge in [-0.2, -0.15) is 0 Å². The van der Waals surface area contributed by atoms with Gasteiger partial charge in [0, 0.05) is 12.0 Å². The molecule has 1 aliphatic heterocycles. The molecule has 3 nitrogen and oxygen atoms in total. The Kier molecular flexibility index (Phi) is 5.13. The van der Waals surface area contributed by atoms with Gasteiger partial charge < -0.3 is 10.1 Å². The van der Waals surface area contributed by atoms with Crippen LogP contribution in [0.5, 0.6) is 5.75 Å². The van der Waals surface area contributed by atoms with Crippen LogP contribution in [0.3, 0.4) is 0 Å². The minimum absolute atomic E-state index is 0.0942. The first-order valence-electron chi connectivity index (χ1n) is 6.91. The molecular formula is C15H19Br2NO2. The molecule has 1 heterocycles. The first-order valence-corrected chi connectivity index (χ1v) is 8.50. The van der Waals surface area contributed by atoms with Crippen LogP contribution >= 0.6 is 31.9 Å². The fourth-order valence-electron chi connectivity index (χ4n) is 2.68. The summed E-state index contributed by atoms with van der Waals surface area (Å²) in [4.78, 5) is 11.5. The number of carbonyl (C=O) groups excluding carboxylic acids is 1. The standard InChI is InChI=1S/C15H19Br2NO2/c1-3-15(6-5-13(19)18-15)9-10-7-11(16)14(20-4-2)12(17)8-10/h7-8H,3-6,9H2,1-2H3,(H,18,19). The van der Waals surface area contributed by atoms with Crippen molar-refractivity contribution < 1.29 is 9.53 Å². The summed E-state index contributed by atoms with van der Waals surface area (Å²) in [7, 11) is 0. The third-order valence-corrected chi connectivity index (χ3v) is 4.98. The van der Waals surface area contributed by atoms with Crippen molar-refractivity contribution in [3.63, 3.8) is 0 Å². The summed E-state index contributed by atoms with van der Waals surface area (Å²) in [6, 6.07) is 4.16. The minimum atomic E-state index is -0.0942. The van der Waals surface area contributed by atoms with E-state index in [2.05, 4.69) is 56.2 Å². The summed E-state index contributed by atoms with van der Waals surface area (Å²) < 4.78 is 7.49. The van der Waals surface area contributed by atoms with E-state index in [0.29, 0.717) is 13.0 Å². The smallest absolute Gasteiger partial charge is 0.220 e. The Morgan fingerprint density at radius 1 is 1.30 bits per heavy atom. The SMILES string of the molecule is CCOc1c(Br)cc(CC2(CC)CCC(=O)N2)cc1Br. The van der Waals surface area contributed by atoms with Crippen LogP contribution in [0, 0.1) is 0 Å². The van der Waals surface area contributed by atoms with Crippen LogP contribution in [-0.4, -0.2) is 18.1 Å². The lowest BCUT2D eigenvalue weighted by molar-refractivity contribution is -0.119. The predicted octanol–water partition coefficient (Wildman–Crippen LogP) is 4.21. The lowest BCUT2D eigenvalue weighted by Gasteiger charge is -2.28. The molecule has 5 heteroatoms. The Labute approximate surface area is 136 Å². The number of ether oxygens (including phenoxy) is 1. The molecule has 0 saturated carbocycles. The lowest BCUT2D eigenvalue weighted by atomic mass is 9.87. The minimum Gasteiger partial charge on any atom is -0.492 e. The van der Waals surface area contributed by atoms with Crippen molar-refractivity contribution in [2.45, 2.75) is 45.1 Å². The van der Waals surface area contributed by atoms with Crippen molar-refractivity contribution in [1.82, 2.24) is 5.32 Å². The van der Waals surface area contributed by atoms with E-state index < -0.39 is 0 Å². The molecular weight excluding hydrogens is 386 g/mol. The Hall–Kier alpha value is -0.550. The number of benzene rings is 1. The molecule has 0 radical (unpaired) electrons. The molecule has 20 heavy (non-hydrogen) atoms. The molecule has 0 bridgehead atoms.